The molecule has 0 radical (unpaired) electrons. The third kappa shape index (κ3) is 7.58. The number of pyridine rings is 2. The Balaban J connectivity index is 1.18. The molecule has 0 aliphatic carbocycles. The zero-order valence-electron chi connectivity index (χ0n) is 23.9. The van der Waals surface area contributed by atoms with Crippen molar-refractivity contribution in [2.75, 3.05) is 16.0 Å². The van der Waals surface area contributed by atoms with E-state index in [0.717, 1.165) is 34.6 Å². The second-order valence-electron chi connectivity index (χ2n) is 10.1. The maximum atomic E-state index is 12.8. The summed E-state index contributed by atoms with van der Waals surface area (Å²) in [4.78, 5) is 43.7. The van der Waals surface area contributed by atoms with Crippen molar-refractivity contribution in [3.8, 4) is 11.6 Å². The number of alkyl halides is 3. The van der Waals surface area contributed by atoms with Crippen molar-refractivity contribution in [2.24, 2.45) is 4.99 Å². The number of benzene rings is 1. The molecule has 228 valence electrons. The molecule has 0 unspecified atom stereocenters. The molecule has 4 heterocycles. The Hall–Kier alpha value is -4.79. The lowest BCUT2D eigenvalue weighted by Crippen LogP contribution is -2.31. The van der Waals surface area contributed by atoms with Gasteiger partial charge in [-0.1, -0.05) is 43.8 Å². The predicted octanol–water partition coefficient (Wildman–Crippen LogP) is 5.84. The van der Waals surface area contributed by atoms with Gasteiger partial charge in [0.05, 0.1) is 17.6 Å². The molecule has 0 spiro atoms. The second-order valence-corrected chi connectivity index (χ2v) is 11.1. The first-order valence-electron chi connectivity index (χ1n) is 13.5. The minimum absolute atomic E-state index is 0.138. The Morgan fingerprint density at radius 1 is 1.09 bits per heavy atom. The van der Waals surface area contributed by atoms with Gasteiger partial charge in [0.25, 0.3) is 0 Å². The molecule has 1 fully saturated rings. The van der Waals surface area contributed by atoms with Crippen molar-refractivity contribution in [3.05, 3.63) is 83.7 Å². The number of rotatable bonds is 8. The van der Waals surface area contributed by atoms with Crippen LogP contribution in [0.4, 0.5) is 29.5 Å². The van der Waals surface area contributed by atoms with Gasteiger partial charge in [0.2, 0.25) is 5.91 Å². The maximum Gasteiger partial charge on any atom is 0.573 e. The molecule has 0 bridgehead atoms. The normalized spacial score (nSPS) is 14.5. The molecule has 1 N–H and O–H groups in total. The van der Waals surface area contributed by atoms with Crippen LogP contribution in [-0.4, -0.2) is 54.0 Å². The number of carbonyl (C=O) groups is 2. The molecular formula is C29H27F3N8O3S. The number of amidine groups is 1. The molecule has 3 amide bonds. The summed E-state index contributed by atoms with van der Waals surface area (Å²) in [6.07, 6.45) is 0.192. The molecule has 1 saturated heterocycles. The van der Waals surface area contributed by atoms with Crippen LogP contribution < -0.4 is 15.0 Å². The summed E-state index contributed by atoms with van der Waals surface area (Å²) < 4.78 is 42.2. The van der Waals surface area contributed by atoms with Crippen molar-refractivity contribution in [1.82, 2.24) is 24.7 Å². The lowest BCUT2D eigenvalue weighted by Gasteiger charge is -2.22. The molecule has 0 atom stereocenters. The number of aliphatic imine (C=N–C) groups is 1. The molecule has 1 aliphatic rings. The molecule has 11 nitrogen and oxygen atoms in total. The van der Waals surface area contributed by atoms with E-state index in [1.165, 1.54) is 33.7 Å². The lowest BCUT2D eigenvalue weighted by atomic mass is 9.99. The molecule has 0 saturated carbocycles. The number of amides is 3. The number of carbonyl (C=O) groups excluding carboxylic acids is 2. The Kier molecular flexibility index (Phi) is 8.94. The van der Waals surface area contributed by atoms with Crippen molar-refractivity contribution in [1.29, 1.82) is 0 Å². The molecular weight excluding hydrogens is 597 g/mol. The van der Waals surface area contributed by atoms with E-state index >= 15 is 0 Å². The zero-order chi connectivity index (χ0) is 31.4. The van der Waals surface area contributed by atoms with Crippen LogP contribution in [0.5, 0.6) is 5.75 Å². The zero-order valence-corrected chi connectivity index (χ0v) is 24.7. The van der Waals surface area contributed by atoms with Crippen LogP contribution in [-0.2, 0) is 17.6 Å². The van der Waals surface area contributed by atoms with Crippen molar-refractivity contribution >= 4 is 40.4 Å². The van der Waals surface area contributed by atoms with Gasteiger partial charge in [-0.15, -0.1) is 18.3 Å². The Morgan fingerprint density at radius 2 is 1.91 bits per heavy atom. The predicted molar refractivity (Wildman–Crippen MR) is 159 cm³/mol. The smallest absolute Gasteiger partial charge is 0.404 e. The van der Waals surface area contributed by atoms with Crippen LogP contribution in [0.15, 0.2) is 66.2 Å². The lowest BCUT2D eigenvalue weighted by molar-refractivity contribution is -0.274. The molecule has 44 heavy (non-hydrogen) atoms. The first-order chi connectivity index (χ1) is 20.9. The highest BCUT2D eigenvalue weighted by Crippen LogP contribution is 2.34. The Bertz CT molecular complexity index is 1690. The van der Waals surface area contributed by atoms with Gasteiger partial charge < -0.3 is 4.74 Å². The summed E-state index contributed by atoms with van der Waals surface area (Å²) in [5.74, 6) is 0.877. The monoisotopic (exact) mass is 624 g/mol. The molecule has 1 aliphatic heterocycles. The number of nitrogens with zero attached hydrogens (tertiary/aromatic N) is 7. The van der Waals surface area contributed by atoms with Gasteiger partial charge in [0, 0.05) is 12.6 Å². The minimum atomic E-state index is -4.80. The number of aromatic nitrogens is 5. The Labute approximate surface area is 254 Å². The van der Waals surface area contributed by atoms with E-state index < -0.39 is 18.1 Å². The van der Waals surface area contributed by atoms with Crippen molar-refractivity contribution in [3.63, 3.8) is 0 Å². The van der Waals surface area contributed by atoms with E-state index in [9.17, 15) is 22.8 Å². The molecule has 1 aromatic carbocycles. The maximum absolute atomic E-state index is 12.8. The summed E-state index contributed by atoms with van der Waals surface area (Å²) in [5, 5.41) is 7.27. The fourth-order valence-electron chi connectivity index (χ4n) is 4.37. The van der Waals surface area contributed by atoms with E-state index in [4.69, 9.17) is 0 Å². The van der Waals surface area contributed by atoms with E-state index in [1.54, 1.807) is 18.3 Å². The van der Waals surface area contributed by atoms with E-state index in [1.807, 2.05) is 39.0 Å². The summed E-state index contributed by atoms with van der Waals surface area (Å²) >= 11 is 1.21. The summed E-state index contributed by atoms with van der Waals surface area (Å²) in [6, 6.07) is 11.2. The first kappa shape index (κ1) is 30.7. The van der Waals surface area contributed by atoms with Crippen LogP contribution in [0.2, 0.25) is 0 Å². The van der Waals surface area contributed by atoms with Crippen LogP contribution >= 0.6 is 11.8 Å². The minimum Gasteiger partial charge on any atom is -0.404 e. The number of ether oxygens (including phenoxy) is 1. The number of aryl methyl sites for hydroxylation is 3. The van der Waals surface area contributed by atoms with Crippen LogP contribution in [0.25, 0.3) is 5.82 Å². The number of urea groups is 1. The summed E-state index contributed by atoms with van der Waals surface area (Å²) in [6.45, 7) is 6.04. The van der Waals surface area contributed by atoms with E-state index in [2.05, 4.69) is 35.1 Å². The number of nitrogens with one attached hydrogen (secondary N) is 1. The quantitative estimate of drug-likeness (QED) is 0.259. The van der Waals surface area contributed by atoms with Crippen LogP contribution in [0, 0.1) is 6.92 Å². The van der Waals surface area contributed by atoms with E-state index in [0.29, 0.717) is 29.7 Å². The average Bonchev–Trinajstić information content (AvgIpc) is 3.58. The van der Waals surface area contributed by atoms with Gasteiger partial charge in [-0.05, 0) is 60.2 Å². The van der Waals surface area contributed by atoms with Gasteiger partial charge in [-0.25, -0.2) is 24.4 Å². The van der Waals surface area contributed by atoms with Gasteiger partial charge in [-0.2, -0.15) is 4.99 Å². The number of hydrogen-bond donors (Lipinski definition) is 1. The van der Waals surface area contributed by atoms with Crippen molar-refractivity contribution < 1.29 is 27.5 Å². The third-order valence-electron chi connectivity index (χ3n) is 6.44. The topological polar surface area (TPSA) is 127 Å². The number of halogens is 3. The SMILES string of the molecule is Cc1ccc(C(C)C)c(N2C(=O)CSC2=NC(=O)Nc2ccc(CCc3ncn(-c4ccc(OC(F)(F)F)cn4)n3)cn2)c1. The molecule has 5 rings (SSSR count). The van der Waals surface area contributed by atoms with Gasteiger partial charge in [0.1, 0.15) is 17.9 Å². The standard InChI is InChI=1S/C29H27F3N8O3S/c1-17(2)21-8-4-18(3)12-22(21)40-26(41)15-44-28(40)37-27(42)36-23-9-5-19(13-33-23)6-10-24-35-16-39(38-24)25-11-7-20(14-34-25)43-29(30,31)32/h4-5,7-9,11-14,16-17H,6,10,15H2,1-3H3,(H,33,36,42). The van der Waals surface area contributed by atoms with Gasteiger partial charge in [-0.3, -0.25) is 15.0 Å². The van der Waals surface area contributed by atoms with Crippen LogP contribution in [0.3, 0.4) is 0 Å². The van der Waals surface area contributed by atoms with Crippen molar-refractivity contribution in [2.45, 2.75) is 45.9 Å². The number of anilines is 2. The Morgan fingerprint density at radius 3 is 2.59 bits per heavy atom. The van der Waals surface area contributed by atoms with E-state index in [-0.39, 0.29) is 23.4 Å². The molecule has 15 heteroatoms. The average molecular weight is 625 g/mol. The highest BCUT2D eigenvalue weighted by molar-refractivity contribution is 8.15. The molecule has 4 aromatic rings. The summed E-state index contributed by atoms with van der Waals surface area (Å²) in [5.41, 5.74) is 3.58. The molecule has 3 aromatic heterocycles. The number of thioether (sulfide) groups is 1. The number of hydrogen-bond acceptors (Lipinski definition) is 8. The van der Waals surface area contributed by atoms with Gasteiger partial charge in [0.15, 0.2) is 16.8 Å². The summed E-state index contributed by atoms with van der Waals surface area (Å²) in [7, 11) is 0. The fraction of sp³-hybridized carbons (Fsp3) is 0.276. The van der Waals surface area contributed by atoms with Crippen LogP contribution in [0.1, 0.15) is 42.3 Å². The first-order valence-corrected chi connectivity index (χ1v) is 14.5. The highest BCUT2D eigenvalue weighted by Gasteiger charge is 2.33. The highest BCUT2D eigenvalue weighted by atomic mass is 32.2. The second kappa shape index (κ2) is 12.8. The van der Waals surface area contributed by atoms with Gasteiger partial charge >= 0.3 is 12.4 Å². The third-order valence-corrected chi connectivity index (χ3v) is 7.36. The largest absolute Gasteiger partial charge is 0.573 e. The fourth-order valence-corrected chi connectivity index (χ4v) is 5.23.